The Balaban J connectivity index is 2.03. The van der Waals surface area contributed by atoms with Crippen LogP contribution >= 0.6 is 15.9 Å². The highest BCUT2D eigenvalue weighted by Gasteiger charge is 2.43. The highest BCUT2D eigenvalue weighted by atomic mass is 79.9. The highest BCUT2D eigenvalue weighted by molar-refractivity contribution is 9.10. The van der Waals surface area contributed by atoms with Crippen LogP contribution in [0.25, 0.3) is 0 Å². The van der Waals surface area contributed by atoms with Gasteiger partial charge in [-0.1, -0.05) is 41.9 Å². The van der Waals surface area contributed by atoms with Crippen LogP contribution in [0.3, 0.4) is 0 Å². The lowest BCUT2D eigenvalue weighted by atomic mass is 9.68. The summed E-state index contributed by atoms with van der Waals surface area (Å²) in [6.45, 7) is 9.07. The summed E-state index contributed by atoms with van der Waals surface area (Å²) in [5, 5.41) is 3.35. The number of halogens is 1. The van der Waals surface area contributed by atoms with Crippen LogP contribution < -0.4 is 5.32 Å². The maximum atomic E-state index is 13.2. The minimum atomic E-state index is -0.438. The van der Waals surface area contributed by atoms with Gasteiger partial charge in [0.1, 0.15) is 6.61 Å². The van der Waals surface area contributed by atoms with Gasteiger partial charge < -0.3 is 14.8 Å². The monoisotopic (exact) mass is 461 g/mol. The molecule has 5 nitrogen and oxygen atoms in total. The molecule has 0 aromatic heterocycles. The summed E-state index contributed by atoms with van der Waals surface area (Å²) in [5.41, 5.74) is 3.62. The lowest BCUT2D eigenvalue weighted by Crippen LogP contribution is -2.38. The molecule has 1 aromatic carbocycles. The first-order valence-corrected chi connectivity index (χ1v) is 10.8. The number of carbonyl (C=O) groups excluding carboxylic acids is 2. The Hall–Kier alpha value is -1.92. The van der Waals surface area contributed by atoms with E-state index in [0.717, 1.165) is 27.9 Å². The van der Waals surface area contributed by atoms with Crippen LogP contribution in [0, 0.1) is 5.41 Å². The Morgan fingerprint density at radius 2 is 2.03 bits per heavy atom. The Kier molecular flexibility index (Phi) is 6.64. The number of rotatable bonds is 6. The molecule has 1 N–H and O–H groups in total. The third-order valence-corrected chi connectivity index (χ3v) is 5.80. The smallest absolute Gasteiger partial charge is 0.336 e. The van der Waals surface area contributed by atoms with Crippen LogP contribution in [0.15, 0.2) is 51.3 Å². The molecule has 0 saturated carbocycles. The fourth-order valence-electron chi connectivity index (χ4n) is 4.14. The van der Waals surface area contributed by atoms with Crippen molar-refractivity contribution in [2.45, 2.75) is 46.5 Å². The van der Waals surface area contributed by atoms with E-state index >= 15 is 0 Å². The van der Waals surface area contributed by atoms with Gasteiger partial charge in [-0.15, -0.1) is 0 Å². The number of dihydropyridines is 1. The van der Waals surface area contributed by atoms with Gasteiger partial charge in [-0.25, -0.2) is 4.79 Å². The molecule has 1 atom stereocenters. The predicted octanol–water partition coefficient (Wildman–Crippen LogP) is 4.63. The van der Waals surface area contributed by atoms with E-state index < -0.39 is 11.9 Å². The normalized spacial score (nSPS) is 21.0. The summed E-state index contributed by atoms with van der Waals surface area (Å²) in [6, 6.07) is 7.78. The minimum absolute atomic E-state index is 0.0841. The number of esters is 1. The predicted molar refractivity (Wildman–Crippen MR) is 115 cm³/mol. The number of benzene rings is 1. The second-order valence-electron chi connectivity index (χ2n) is 8.32. The van der Waals surface area contributed by atoms with Gasteiger partial charge in [0.2, 0.25) is 0 Å². The molecule has 29 heavy (non-hydrogen) atoms. The molecule has 3 rings (SSSR count). The molecule has 0 fully saturated rings. The molecule has 1 heterocycles. The number of hydrogen-bond acceptors (Lipinski definition) is 5. The summed E-state index contributed by atoms with van der Waals surface area (Å²) in [7, 11) is 0. The van der Waals surface area contributed by atoms with Crippen molar-refractivity contribution in [1.29, 1.82) is 0 Å². The van der Waals surface area contributed by atoms with Crippen molar-refractivity contribution in [3.05, 3.63) is 56.8 Å². The van der Waals surface area contributed by atoms with Crippen molar-refractivity contribution in [2.75, 3.05) is 19.8 Å². The van der Waals surface area contributed by atoms with Gasteiger partial charge in [0.25, 0.3) is 0 Å². The molecule has 0 radical (unpaired) electrons. The summed E-state index contributed by atoms with van der Waals surface area (Å²) in [5.74, 6) is -0.767. The molecule has 156 valence electrons. The number of hydrogen-bond donors (Lipinski definition) is 1. The molecule has 0 bridgehead atoms. The number of ketones is 1. The van der Waals surface area contributed by atoms with Crippen LogP contribution in [-0.2, 0) is 19.1 Å². The third-order valence-electron chi connectivity index (χ3n) is 5.31. The van der Waals surface area contributed by atoms with Gasteiger partial charge in [0, 0.05) is 40.4 Å². The average Bonchev–Trinajstić information content (AvgIpc) is 2.63. The van der Waals surface area contributed by atoms with Crippen molar-refractivity contribution < 1.29 is 19.1 Å². The SMILES string of the molecule is CCOCCOC(=O)C1=C(C)NC2=C(C(=O)CC(C)(C)C2)[C@H]1c1cccc(Br)c1. The topological polar surface area (TPSA) is 64.6 Å². The maximum absolute atomic E-state index is 13.2. The van der Waals surface area contributed by atoms with Crippen LogP contribution in [0.1, 0.15) is 52.0 Å². The summed E-state index contributed by atoms with van der Waals surface area (Å²) in [4.78, 5) is 26.2. The Labute approximate surface area is 180 Å². The zero-order chi connectivity index (χ0) is 21.2. The fraction of sp³-hybridized carbons (Fsp3) is 0.478. The van der Waals surface area contributed by atoms with Crippen LogP contribution in [0.5, 0.6) is 0 Å². The van der Waals surface area contributed by atoms with Crippen molar-refractivity contribution in [3.8, 4) is 0 Å². The second-order valence-corrected chi connectivity index (χ2v) is 9.23. The molecule has 6 heteroatoms. The molecular formula is C23H28BrNO4. The first-order chi connectivity index (χ1) is 13.7. The van der Waals surface area contributed by atoms with Gasteiger partial charge in [-0.05, 0) is 43.4 Å². The molecule has 0 amide bonds. The van der Waals surface area contributed by atoms with Crippen molar-refractivity contribution in [1.82, 2.24) is 5.32 Å². The number of ether oxygens (including phenoxy) is 2. The molecule has 0 unspecified atom stereocenters. The number of Topliss-reactive ketones (excluding diaryl/α,β-unsaturated/α-hetero) is 1. The minimum Gasteiger partial charge on any atom is -0.460 e. The summed E-state index contributed by atoms with van der Waals surface area (Å²) < 4.78 is 11.7. The lowest BCUT2D eigenvalue weighted by Gasteiger charge is -2.39. The van der Waals surface area contributed by atoms with Crippen molar-refractivity contribution in [3.63, 3.8) is 0 Å². The molecular weight excluding hydrogens is 434 g/mol. The van der Waals surface area contributed by atoms with E-state index in [2.05, 4.69) is 35.1 Å². The molecule has 0 saturated heterocycles. The van der Waals surface area contributed by atoms with Crippen LogP contribution in [0.4, 0.5) is 0 Å². The first kappa shape index (κ1) is 21.8. The maximum Gasteiger partial charge on any atom is 0.336 e. The van der Waals surface area contributed by atoms with Gasteiger partial charge >= 0.3 is 5.97 Å². The van der Waals surface area contributed by atoms with Gasteiger partial charge in [0.15, 0.2) is 5.78 Å². The Morgan fingerprint density at radius 3 is 2.72 bits per heavy atom. The standard InChI is InChI=1S/C23H28BrNO4/c1-5-28-9-10-29-22(27)19-14(2)25-17-12-23(3,4)13-18(26)21(17)20(19)15-7-6-8-16(24)11-15/h6-8,11,20,25H,5,9-10,12-13H2,1-4H3/t20-/m0/s1. The van der Waals surface area contributed by atoms with Crippen molar-refractivity contribution in [2.24, 2.45) is 5.41 Å². The van der Waals surface area contributed by atoms with Gasteiger partial charge in [-0.3, -0.25) is 4.79 Å². The molecule has 1 aliphatic carbocycles. The zero-order valence-corrected chi connectivity index (χ0v) is 19.0. The van der Waals surface area contributed by atoms with E-state index in [1.165, 1.54) is 0 Å². The third kappa shape index (κ3) is 4.81. The fourth-order valence-corrected chi connectivity index (χ4v) is 4.56. The van der Waals surface area contributed by atoms with Crippen LogP contribution in [0.2, 0.25) is 0 Å². The Morgan fingerprint density at radius 1 is 1.28 bits per heavy atom. The van der Waals surface area contributed by atoms with Gasteiger partial charge in [0.05, 0.1) is 12.2 Å². The van der Waals surface area contributed by atoms with E-state index in [1.807, 2.05) is 38.1 Å². The largest absolute Gasteiger partial charge is 0.460 e. The number of nitrogens with one attached hydrogen (secondary N) is 1. The highest BCUT2D eigenvalue weighted by Crippen LogP contribution is 2.47. The average molecular weight is 462 g/mol. The lowest BCUT2D eigenvalue weighted by molar-refractivity contribution is -0.140. The summed E-state index contributed by atoms with van der Waals surface area (Å²) in [6.07, 6.45) is 1.23. The van der Waals surface area contributed by atoms with E-state index in [1.54, 1.807) is 0 Å². The zero-order valence-electron chi connectivity index (χ0n) is 17.4. The van der Waals surface area contributed by atoms with E-state index in [4.69, 9.17) is 9.47 Å². The van der Waals surface area contributed by atoms with E-state index in [-0.39, 0.29) is 17.8 Å². The first-order valence-electron chi connectivity index (χ1n) is 9.98. The van der Waals surface area contributed by atoms with Gasteiger partial charge in [-0.2, -0.15) is 0 Å². The molecule has 1 aromatic rings. The van der Waals surface area contributed by atoms with E-state index in [9.17, 15) is 9.59 Å². The number of carbonyl (C=O) groups is 2. The van der Waals surface area contributed by atoms with E-state index in [0.29, 0.717) is 30.8 Å². The summed E-state index contributed by atoms with van der Waals surface area (Å²) >= 11 is 3.52. The van der Waals surface area contributed by atoms with Crippen molar-refractivity contribution >= 4 is 27.7 Å². The van der Waals surface area contributed by atoms with Crippen LogP contribution in [-0.4, -0.2) is 31.6 Å². The molecule has 2 aliphatic rings. The molecule has 1 aliphatic heterocycles. The molecule has 0 spiro atoms. The second kappa shape index (κ2) is 8.84. The quantitative estimate of drug-likeness (QED) is 0.493. The Bertz CT molecular complexity index is 885. The number of allylic oxidation sites excluding steroid dienone is 3.